The molecule has 2 aliphatic heterocycles. The molecule has 2 aliphatic rings. The Hall–Kier alpha value is -0.930. The summed E-state index contributed by atoms with van der Waals surface area (Å²) in [5.41, 5.74) is 0. The van der Waals surface area contributed by atoms with Crippen LogP contribution in [0.15, 0.2) is 0 Å². The molecule has 2 rings (SSSR count). The van der Waals surface area contributed by atoms with E-state index in [-0.39, 0.29) is 0 Å². The van der Waals surface area contributed by atoms with Crippen molar-refractivity contribution < 1.29 is 54.8 Å². The van der Waals surface area contributed by atoms with Gasteiger partial charge in [0, 0.05) is 6.92 Å². The summed E-state index contributed by atoms with van der Waals surface area (Å²) in [6, 6.07) is -1.28. The zero-order valence-corrected chi connectivity index (χ0v) is 14.0. The van der Waals surface area contributed by atoms with Crippen LogP contribution in [0.2, 0.25) is 0 Å². The lowest BCUT2D eigenvalue weighted by atomic mass is 9.95. The van der Waals surface area contributed by atoms with Crippen LogP contribution in [0.3, 0.4) is 0 Å². The molecule has 0 saturated carbocycles. The standard InChI is InChI=1S/C14H25NO11/c1-4(18)15-7-12(9(20)6(3-17)24-13(7)23)26-14-11(22)10(21)8(19)5(2-16)25-14/h5-14,16-17,19-23H,2-3H2,1H3,(H,15,18)/t5-,6-,7-,8-,9+,10-,11-,12+,13+,14-/m0/s1. The number of carbonyl (C=O) groups excluding carboxylic acids is 1. The van der Waals surface area contributed by atoms with Gasteiger partial charge in [0.25, 0.3) is 0 Å². The summed E-state index contributed by atoms with van der Waals surface area (Å²) in [4.78, 5) is 11.4. The normalized spacial score (nSPS) is 46.8. The molecular weight excluding hydrogens is 358 g/mol. The molecule has 2 fully saturated rings. The van der Waals surface area contributed by atoms with Gasteiger partial charge in [-0.2, -0.15) is 0 Å². The third kappa shape index (κ3) is 4.31. The van der Waals surface area contributed by atoms with E-state index in [2.05, 4.69) is 5.32 Å². The molecule has 0 aromatic heterocycles. The van der Waals surface area contributed by atoms with E-state index in [4.69, 9.17) is 14.2 Å². The molecule has 26 heavy (non-hydrogen) atoms. The monoisotopic (exact) mass is 383 g/mol. The lowest BCUT2D eigenvalue weighted by Gasteiger charge is -2.46. The molecule has 0 bridgehead atoms. The maximum Gasteiger partial charge on any atom is 0.217 e. The van der Waals surface area contributed by atoms with Gasteiger partial charge in [-0.25, -0.2) is 0 Å². The summed E-state index contributed by atoms with van der Waals surface area (Å²) in [6.07, 6.45) is -13.7. The average Bonchev–Trinajstić information content (AvgIpc) is 2.60. The largest absolute Gasteiger partial charge is 0.394 e. The minimum absolute atomic E-state index is 0.574. The second kappa shape index (κ2) is 8.84. The highest BCUT2D eigenvalue weighted by atomic mass is 16.7. The minimum atomic E-state index is -1.74. The highest BCUT2D eigenvalue weighted by Crippen LogP contribution is 2.28. The van der Waals surface area contributed by atoms with Crippen LogP contribution in [0.25, 0.3) is 0 Å². The van der Waals surface area contributed by atoms with E-state index in [1.54, 1.807) is 0 Å². The number of ether oxygens (including phenoxy) is 3. The Labute approximate surface area is 148 Å². The van der Waals surface area contributed by atoms with Gasteiger partial charge in [-0.05, 0) is 0 Å². The third-order valence-corrected chi connectivity index (χ3v) is 4.38. The van der Waals surface area contributed by atoms with Crippen molar-refractivity contribution in [3.63, 3.8) is 0 Å². The van der Waals surface area contributed by atoms with Crippen molar-refractivity contribution in [2.24, 2.45) is 0 Å². The van der Waals surface area contributed by atoms with Gasteiger partial charge in [-0.1, -0.05) is 0 Å². The Morgan fingerprint density at radius 1 is 0.923 bits per heavy atom. The number of aliphatic hydroxyl groups excluding tert-OH is 7. The van der Waals surface area contributed by atoms with Gasteiger partial charge in [0.1, 0.15) is 48.8 Å². The summed E-state index contributed by atoms with van der Waals surface area (Å²) in [5, 5.41) is 70.7. The molecule has 0 aliphatic carbocycles. The molecular formula is C14H25NO11. The minimum Gasteiger partial charge on any atom is -0.394 e. The molecule has 0 aromatic carbocycles. The second-order valence-corrected chi connectivity index (χ2v) is 6.26. The van der Waals surface area contributed by atoms with E-state index in [1.807, 2.05) is 0 Å². The Balaban J connectivity index is 2.21. The number of amides is 1. The topological polar surface area (TPSA) is 198 Å². The molecule has 152 valence electrons. The van der Waals surface area contributed by atoms with Crippen LogP contribution in [-0.2, 0) is 19.0 Å². The molecule has 12 nitrogen and oxygen atoms in total. The van der Waals surface area contributed by atoms with Gasteiger partial charge >= 0.3 is 0 Å². The summed E-state index contributed by atoms with van der Waals surface area (Å²) in [7, 11) is 0. The first-order chi connectivity index (χ1) is 12.2. The van der Waals surface area contributed by atoms with Gasteiger partial charge in [-0.3, -0.25) is 4.79 Å². The molecule has 0 aromatic rings. The number of rotatable bonds is 5. The third-order valence-electron chi connectivity index (χ3n) is 4.38. The van der Waals surface area contributed by atoms with E-state index in [9.17, 15) is 40.5 Å². The van der Waals surface area contributed by atoms with Crippen molar-refractivity contribution in [3.05, 3.63) is 0 Å². The van der Waals surface area contributed by atoms with E-state index in [0.29, 0.717) is 0 Å². The predicted octanol–water partition coefficient (Wildman–Crippen LogP) is -5.25. The zero-order chi connectivity index (χ0) is 19.6. The molecule has 0 radical (unpaired) electrons. The highest BCUT2D eigenvalue weighted by molar-refractivity contribution is 5.73. The van der Waals surface area contributed by atoms with Crippen molar-refractivity contribution in [3.8, 4) is 0 Å². The van der Waals surface area contributed by atoms with Crippen LogP contribution < -0.4 is 5.32 Å². The van der Waals surface area contributed by atoms with E-state index < -0.39 is 80.5 Å². The van der Waals surface area contributed by atoms with Crippen LogP contribution in [0.5, 0.6) is 0 Å². The first-order valence-corrected chi connectivity index (χ1v) is 8.06. The molecule has 0 spiro atoms. The lowest BCUT2D eigenvalue weighted by molar-refractivity contribution is -0.341. The number of hydrogen-bond acceptors (Lipinski definition) is 11. The van der Waals surface area contributed by atoms with Crippen molar-refractivity contribution >= 4 is 5.91 Å². The van der Waals surface area contributed by atoms with Crippen molar-refractivity contribution in [2.45, 2.75) is 68.3 Å². The number of nitrogens with one attached hydrogen (secondary N) is 1. The van der Waals surface area contributed by atoms with Gasteiger partial charge in [0.05, 0.1) is 13.2 Å². The van der Waals surface area contributed by atoms with Gasteiger partial charge in [0.15, 0.2) is 12.6 Å². The quantitative estimate of drug-likeness (QED) is 0.226. The van der Waals surface area contributed by atoms with Crippen LogP contribution >= 0.6 is 0 Å². The van der Waals surface area contributed by atoms with Gasteiger partial charge < -0.3 is 55.3 Å². The zero-order valence-electron chi connectivity index (χ0n) is 14.0. The van der Waals surface area contributed by atoms with Crippen LogP contribution in [0, 0.1) is 0 Å². The average molecular weight is 383 g/mol. The second-order valence-electron chi connectivity index (χ2n) is 6.26. The van der Waals surface area contributed by atoms with Crippen LogP contribution in [0.4, 0.5) is 0 Å². The first-order valence-electron chi connectivity index (χ1n) is 8.06. The molecule has 0 unspecified atom stereocenters. The Morgan fingerprint density at radius 2 is 1.50 bits per heavy atom. The number of carbonyl (C=O) groups is 1. The molecule has 12 heteroatoms. The summed E-state index contributed by atoms with van der Waals surface area (Å²) in [6.45, 7) is -0.195. The summed E-state index contributed by atoms with van der Waals surface area (Å²) >= 11 is 0. The van der Waals surface area contributed by atoms with Crippen molar-refractivity contribution in [2.75, 3.05) is 13.2 Å². The molecule has 2 heterocycles. The Morgan fingerprint density at radius 3 is 2.04 bits per heavy atom. The molecule has 1 amide bonds. The van der Waals surface area contributed by atoms with Crippen LogP contribution in [-0.4, -0.2) is 116 Å². The fourth-order valence-corrected chi connectivity index (χ4v) is 2.97. The fraction of sp³-hybridized carbons (Fsp3) is 0.929. The van der Waals surface area contributed by atoms with E-state index in [1.165, 1.54) is 0 Å². The molecule has 8 N–H and O–H groups in total. The van der Waals surface area contributed by atoms with E-state index in [0.717, 1.165) is 6.92 Å². The fourth-order valence-electron chi connectivity index (χ4n) is 2.97. The summed E-state index contributed by atoms with van der Waals surface area (Å²) in [5.74, 6) is -0.574. The van der Waals surface area contributed by atoms with Crippen LogP contribution in [0.1, 0.15) is 6.92 Å². The maximum atomic E-state index is 11.4. The van der Waals surface area contributed by atoms with Gasteiger partial charge in [0.2, 0.25) is 5.91 Å². The van der Waals surface area contributed by atoms with Gasteiger partial charge in [-0.15, -0.1) is 0 Å². The predicted molar refractivity (Wildman–Crippen MR) is 80.2 cm³/mol. The summed E-state index contributed by atoms with van der Waals surface area (Å²) < 4.78 is 15.7. The van der Waals surface area contributed by atoms with Crippen molar-refractivity contribution in [1.82, 2.24) is 5.32 Å². The lowest BCUT2D eigenvalue weighted by Crippen LogP contribution is -2.67. The Kier molecular flexibility index (Phi) is 7.27. The smallest absolute Gasteiger partial charge is 0.217 e. The number of hydrogen-bond donors (Lipinski definition) is 8. The highest BCUT2D eigenvalue weighted by Gasteiger charge is 2.50. The van der Waals surface area contributed by atoms with Crippen molar-refractivity contribution in [1.29, 1.82) is 0 Å². The SMILES string of the molecule is CC(=O)N[C@H]1[C@@H](O[C@@H]2O[C@@H](CO)[C@H](O)[C@H](O)[C@@H]2O)[C@H](O)[C@H](CO)O[C@H]1O. The maximum absolute atomic E-state index is 11.4. The van der Waals surface area contributed by atoms with E-state index >= 15 is 0 Å². The Bertz CT molecular complexity index is 478. The molecule has 2 saturated heterocycles. The first kappa shape index (κ1) is 21.4. The number of aliphatic hydroxyl groups is 7. The molecule has 10 atom stereocenters.